The Labute approximate surface area is 116 Å². The van der Waals surface area contributed by atoms with Crippen LogP contribution in [0.3, 0.4) is 0 Å². The average molecular weight is 276 g/mol. The van der Waals surface area contributed by atoms with E-state index in [-0.39, 0.29) is 11.6 Å². The van der Waals surface area contributed by atoms with Crippen molar-refractivity contribution in [2.75, 3.05) is 26.0 Å². The number of carbonyl (C=O) groups excluding carboxylic acids is 1. The number of fused-ring (bicyclic) bond motifs is 1. The quantitative estimate of drug-likeness (QED) is 0.837. The van der Waals surface area contributed by atoms with E-state index in [1.165, 1.54) is 10.5 Å². The van der Waals surface area contributed by atoms with E-state index in [9.17, 15) is 4.79 Å². The molecule has 3 aliphatic rings. The largest absolute Gasteiger partial charge is 0.497 e. The predicted octanol–water partition coefficient (Wildman–Crippen LogP) is 1.20. The predicted molar refractivity (Wildman–Crippen MR) is 73.5 cm³/mol. The third-order valence-electron chi connectivity index (χ3n) is 4.58. The van der Waals surface area contributed by atoms with Gasteiger partial charge in [0.25, 0.3) is 0 Å². The Kier molecular flexibility index (Phi) is 2.38. The molecule has 1 aromatic carbocycles. The second kappa shape index (κ2) is 3.90. The number of hydrogen-bond donors (Lipinski definition) is 1. The first-order valence-corrected chi connectivity index (χ1v) is 7.59. The fraction of sp³-hybridized carbons (Fsp3) is 0.500. The molecule has 1 aromatic rings. The Morgan fingerprint density at radius 2 is 2.42 bits per heavy atom. The van der Waals surface area contributed by atoms with Crippen molar-refractivity contribution in [3.63, 3.8) is 0 Å². The molecule has 0 bridgehead atoms. The highest BCUT2D eigenvalue weighted by Gasteiger charge is 2.60. The van der Waals surface area contributed by atoms with Crippen molar-refractivity contribution in [3.05, 3.63) is 23.8 Å². The van der Waals surface area contributed by atoms with Crippen molar-refractivity contribution in [1.82, 2.24) is 10.2 Å². The summed E-state index contributed by atoms with van der Waals surface area (Å²) >= 11 is 1.83. The van der Waals surface area contributed by atoms with Crippen LogP contribution in [-0.2, 0) is 10.3 Å². The topological polar surface area (TPSA) is 41.6 Å². The number of thioether (sulfide) groups is 1. The van der Waals surface area contributed by atoms with Crippen molar-refractivity contribution in [3.8, 4) is 5.75 Å². The third-order valence-corrected chi connectivity index (χ3v) is 5.62. The van der Waals surface area contributed by atoms with Crippen LogP contribution in [0.2, 0.25) is 0 Å². The summed E-state index contributed by atoms with van der Waals surface area (Å²) in [5, 5.41) is 3.42. The zero-order chi connectivity index (χ0) is 13.0. The van der Waals surface area contributed by atoms with E-state index in [1.54, 1.807) is 7.11 Å². The molecule has 4 nitrogen and oxygen atoms in total. The Hall–Kier alpha value is -1.20. The molecule has 5 heteroatoms. The molecule has 2 unspecified atom stereocenters. The van der Waals surface area contributed by atoms with Gasteiger partial charge < -0.3 is 15.0 Å². The lowest BCUT2D eigenvalue weighted by molar-refractivity contribution is -0.131. The molecule has 3 aliphatic heterocycles. The average Bonchev–Trinajstić information content (AvgIpc) is 2.58. The van der Waals surface area contributed by atoms with E-state index >= 15 is 0 Å². The molecular formula is C14H16N2O2S. The number of hydrogen-bond acceptors (Lipinski definition) is 4. The molecule has 100 valence electrons. The highest BCUT2D eigenvalue weighted by atomic mass is 32.2. The van der Waals surface area contributed by atoms with Gasteiger partial charge in [0.15, 0.2) is 0 Å². The van der Waals surface area contributed by atoms with Crippen LogP contribution in [0.5, 0.6) is 5.75 Å². The zero-order valence-corrected chi connectivity index (χ0v) is 11.6. The molecule has 1 spiro atoms. The molecule has 1 N–H and O–H groups in total. The molecule has 0 aliphatic carbocycles. The number of nitrogens with one attached hydrogen (secondary N) is 1. The van der Waals surface area contributed by atoms with Crippen LogP contribution in [0.1, 0.15) is 12.0 Å². The number of rotatable bonds is 1. The summed E-state index contributed by atoms with van der Waals surface area (Å²) in [6, 6.07) is 6.55. The molecule has 2 saturated heterocycles. The van der Waals surface area contributed by atoms with Gasteiger partial charge in [-0.3, -0.25) is 4.79 Å². The van der Waals surface area contributed by atoms with Crippen LogP contribution >= 0.6 is 11.8 Å². The van der Waals surface area contributed by atoms with Gasteiger partial charge in [0.05, 0.1) is 12.6 Å². The van der Waals surface area contributed by atoms with Gasteiger partial charge in [-0.1, -0.05) is 6.07 Å². The molecule has 0 saturated carbocycles. The van der Waals surface area contributed by atoms with Crippen LogP contribution in [0.15, 0.2) is 23.1 Å². The molecule has 3 heterocycles. The summed E-state index contributed by atoms with van der Waals surface area (Å²) in [4.78, 5) is 15.6. The van der Waals surface area contributed by atoms with Gasteiger partial charge in [-0.15, -0.1) is 11.8 Å². The van der Waals surface area contributed by atoms with Gasteiger partial charge in [0, 0.05) is 36.2 Å². The smallest absolute Gasteiger partial charge is 0.225 e. The molecule has 0 aromatic heterocycles. The Morgan fingerprint density at radius 1 is 1.53 bits per heavy atom. The van der Waals surface area contributed by atoms with Crippen LogP contribution < -0.4 is 10.1 Å². The summed E-state index contributed by atoms with van der Waals surface area (Å²) in [7, 11) is 1.69. The maximum Gasteiger partial charge on any atom is 0.225 e. The number of carbonyl (C=O) groups is 1. The number of nitrogens with zero attached hydrogens (tertiary/aromatic N) is 1. The summed E-state index contributed by atoms with van der Waals surface area (Å²) in [6.07, 6.45) is 0.635. The minimum absolute atomic E-state index is 0.0951. The molecule has 2 fully saturated rings. The van der Waals surface area contributed by atoms with Crippen molar-refractivity contribution in [1.29, 1.82) is 0 Å². The highest BCUT2D eigenvalue weighted by Crippen LogP contribution is 2.50. The van der Waals surface area contributed by atoms with Gasteiger partial charge in [-0.25, -0.2) is 0 Å². The lowest BCUT2D eigenvalue weighted by Gasteiger charge is -2.50. The minimum Gasteiger partial charge on any atom is -0.497 e. The Balaban J connectivity index is 1.88. The molecule has 19 heavy (non-hydrogen) atoms. The molecule has 4 rings (SSSR count). The van der Waals surface area contributed by atoms with Crippen molar-refractivity contribution >= 4 is 17.7 Å². The standard InChI is InChI=1S/C14H16N2O2S/c1-18-9-2-3-10-11(6-9)19-5-4-16-13(17)7-12-14(10,16)8-15-12/h2-3,6,12,15H,4-5,7-8H2,1H3. The van der Waals surface area contributed by atoms with Gasteiger partial charge in [0.1, 0.15) is 5.75 Å². The monoisotopic (exact) mass is 276 g/mol. The van der Waals surface area contributed by atoms with Gasteiger partial charge >= 0.3 is 0 Å². The van der Waals surface area contributed by atoms with Crippen molar-refractivity contribution in [2.45, 2.75) is 22.9 Å². The number of methoxy groups -OCH3 is 1. The normalized spacial score (nSPS) is 31.9. The third kappa shape index (κ3) is 1.37. The van der Waals surface area contributed by atoms with Gasteiger partial charge in [-0.05, 0) is 17.7 Å². The van der Waals surface area contributed by atoms with Crippen LogP contribution in [0.25, 0.3) is 0 Å². The molecule has 1 amide bonds. The molecular weight excluding hydrogens is 260 g/mol. The van der Waals surface area contributed by atoms with Crippen LogP contribution in [-0.4, -0.2) is 42.8 Å². The van der Waals surface area contributed by atoms with Crippen LogP contribution in [0, 0.1) is 0 Å². The summed E-state index contributed by atoms with van der Waals surface area (Å²) in [6.45, 7) is 1.72. The first-order valence-electron chi connectivity index (χ1n) is 6.61. The molecule has 0 radical (unpaired) electrons. The lowest BCUT2D eigenvalue weighted by Crippen LogP contribution is -2.68. The first kappa shape index (κ1) is 11.6. The number of amides is 1. The zero-order valence-electron chi connectivity index (χ0n) is 10.8. The number of ether oxygens (including phenoxy) is 1. The maximum atomic E-state index is 12.2. The second-order valence-electron chi connectivity index (χ2n) is 5.32. The van der Waals surface area contributed by atoms with E-state index in [0.29, 0.717) is 12.3 Å². The Morgan fingerprint density at radius 3 is 3.16 bits per heavy atom. The van der Waals surface area contributed by atoms with Gasteiger partial charge in [0.2, 0.25) is 5.91 Å². The summed E-state index contributed by atoms with van der Waals surface area (Å²) in [5.41, 5.74) is 1.20. The Bertz CT molecular complexity index is 562. The van der Waals surface area contributed by atoms with Crippen LogP contribution in [0.4, 0.5) is 0 Å². The maximum absolute atomic E-state index is 12.2. The highest BCUT2D eigenvalue weighted by molar-refractivity contribution is 7.99. The van der Waals surface area contributed by atoms with Gasteiger partial charge in [-0.2, -0.15) is 0 Å². The van der Waals surface area contributed by atoms with Crippen molar-refractivity contribution in [2.24, 2.45) is 0 Å². The van der Waals surface area contributed by atoms with E-state index in [2.05, 4.69) is 22.3 Å². The first-order chi connectivity index (χ1) is 9.25. The van der Waals surface area contributed by atoms with E-state index < -0.39 is 0 Å². The summed E-state index contributed by atoms with van der Waals surface area (Å²) < 4.78 is 5.32. The van der Waals surface area contributed by atoms with E-state index in [1.807, 2.05) is 17.8 Å². The SMILES string of the molecule is COc1ccc2c(c1)SCCN1C(=O)CC3NCC231. The number of benzene rings is 1. The van der Waals surface area contributed by atoms with E-state index in [0.717, 1.165) is 24.6 Å². The fourth-order valence-electron chi connectivity index (χ4n) is 3.58. The lowest BCUT2D eigenvalue weighted by atomic mass is 9.77. The molecule has 2 atom stereocenters. The minimum atomic E-state index is -0.0951. The van der Waals surface area contributed by atoms with Crippen molar-refractivity contribution < 1.29 is 9.53 Å². The fourth-order valence-corrected chi connectivity index (χ4v) is 4.67. The summed E-state index contributed by atoms with van der Waals surface area (Å²) in [5.74, 6) is 2.14. The van der Waals surface area contributed by atoms with E-state index in [4.69, 9.17) is 4.74 Å². The second-order valence-corrected chi connectivity index (χ2v) is 6.45.